The first-order chi connectivity index (χ1) is 9.20. The van der Waals surface area contributed by atoms with E-state index in [1.54, 1.807) is 28.6 Å². The Labute approximate surface area is 115 Å². The Hall–Kier alpha value is -1.95. The van der Waals surface area contributed by atoms with Crippen LogP contribution in [-0.2, 0) is 4.79 Å². The van der Waals surface area contributed by atoms with E-state index in [-0.39, 0.29) is 6.54 Å². The fourth-order valence-corrected chi connectivity index (χ4v) is 2.44. The highest BCUT2D eigenvalue weighted by atomic mass is 32.1. The van der Waals surface area contributed by atoms with Crippen LogP contribution in [0.4, 0.5) is 5.82 Å². The van der Waals surface area contributed by atoms with Crippen molar-refractivity contribution in [3.63, 3.8) is 0 Å². The van der Waals surface area contributed by atoms with Crippen molar-refractivity contribution in [1.82, 2.24) is 9.97 Å². The third kappa shape index (κ3) is 3.51. The average Bonchev–Trinajstić information content (AvgIpc) is 2.92. The molecule has 2 heterocycles. The molecule has 0 bridgehead atoms. The van der Waals surface area contributed by atoms with Crippen molar-refractivity contribution in [3.8, 4) is 10.6 Å². The van der Waals surface area contributed by atoms with Crippen LogP contribution < -0.4 is 4.90 Å². The van der Waals surface area contributed by atoms with Gasteiger partial charge in [-0.25, -0.2) is 4.98 Å². The maximum atomic E-state index is 10.9. The van der Waals surface area contributed by atoms with E-state index < -0.39 is 5.97 Å². The van der Waals surface area contributed by atoms with Gasteiger partial charge in [-0.05, 0) is 17.9 Å². The van der Waals surface area contributed by atoms with E-state index in [4.69, 9.17) is 5.11 Å². The number of thiophene rings is 1. The van der Waals surface area contributed by atoms with Gasteiger partial charge in [0.25, 0.3) is 0 Å². The molecule has 19 heavy (non-hydrogen) atoms. The highest BCUT2D eigenvalue weighted by Crippen LogP contribution is 2.23. The second-order valence-electron chi connectivity index (χ2n) is 4.06. The number of nitrogens with zero attached hydrogens (tertiary/aromatic N) is 3. The van der Waals surface area contributed by atoms with Gasteiger partial charge in [0.15, 0.2) is 0 Å². The first-order valence-corrected chi connectivity index (χ1v) is 6.91. The van der Waals surface area contributed by atoms with E-state index in [0.29, 0.717) is 12.4 Å². The zero-order chi connectivity index (χ0) is 13.7. The predicted octanol–water partition coefficient (Wildman–Crippen LogP) is 2.51. The molecule has 100 valence electrons. The largest absolute Gasteiger partial charge is 0.480 e. The number of carboxylic acids is 1. The van der Waals surface area contributed by atoms with Gasteiger partial charge < -0.3 is 10.0 Å². The lowest BCUT2D eigenvalue weighted by Crippen LogP contribution is -2.31. The molecule has 2 aromatic heterocycles. The molecule has 5 nitrogen and oxygen atoms in total. The van der Waals surface area contributed by atoms with Crippen LogP contribution in [0.1, 0.15) is 13.3 Å². The molecule has 0 unspecified atom stereocenters. The number of hydrogen-bond acceptors (Lipinski definition) is 5. The maximum Gasteiger partial charge on any atom is 0.323 e. The van der Waals surface area contributed by atoms with E-state index >= 15 is 0 Å². The molecule has 0 aliphatic rings. The summed E-state index contributed by atoms with van der Waals surface area (Å²) in [6.45, 7) is 2.59. The van der Waals surface area contributed by atoms with Gasteiger partial charge in [0.05, 0.1) is 17.3 Å². The molecule has 6 heteroatoms. The van der Waals surface area contributed by atoms with E-state index in [9.17, 15) is 4.79 Å². The second-order valence-corrected chi connectivity index (χ2v) is 5.00. The number of rotatable bonds is 6. The van der Waals surface area contributed by atoms with Crippen LogP contribution in [-0.4, -0.2) is 34.1 Å². The van der Waals surface area contributed by atoms with Crippen molar-refractivity contribution < 1.29 is 9.90 Å². The van der Waals surface area contributed by atoms with Gasteiger partial charge in [0.1, 0.15) is 18.1 Å². The molecular weight excluding hydrogens is 262 g/mol. The summed E-state index contributed by atoms with van der Waals surface area (Å²) in [7, 11) is 0. The number of hydrogen-bond donors (Lipinski definition) is 1. The summed E-state index contributed by atoms with van der Waals surface area (Å²) in [5.41, 5.74) is 0.777. The molecule has 0 aliphatic heterocycles. The summed E-state index contributed by atoms with van der Waals surface area (Å²) in [4.78, 5) is 22.3. The topological polar surface area (TPSA) is 66.3 Å². The van der Waals surface area contributed by atoms with Gasteiger partial charge >= 0.3 is 5.97 Å². The van der Waals surface area contributed by atoms with Crippen LogP contribution >= 0.6 is 11.3 Å². The van der Waals surface area contributed by atoms with Crippen molar-refractivity contribution >= 4 is 23.1 Å². The number of aromatic nitrogens is 2. The van der Waals surface area contributed by atoms with Crippen LogP contribution in [0, 0.1) is 0 Å². The Bertz CT molecular complexity index is 543. The van der Waals surface area contributed by atoms with Crippen molar-refractivity contribution in [2.45, 2.75) is 13.3 Å². The summed E-state index contributed by atoms with van der Waals surface area (Å²) >= 11 is 1.59. The third-order valence-corrected chi connectivity index (χ3v) is 3.43. The lowest BCUT2D eigenvalue weighted by Gasteiger charge is -2.20. The van der Waals surface area contributed by atoms with Gasteiger partial charge in [0.2, 0.25) is 0 Å². The quantitative estimate of drug-likeness (QED) is 0.878. The molecule has 0 fully saturated rings. The van der Waals surface area contributed by atoms with E-state index in [1.165, 1.54) is 0 Å². The highest BCUT2D eigenvalue weighted by Gasteiger charge is 2.12. The van der Waals surface area contributed by atoms with E-state index in [0.717, 1.165) is 17.0 Å². The minimum Gasteiger partial charge on any atom is -0.480 e. The number of anilines is 1. The van der Waals surface area contributed by atoms with Gasteiger partial charge in [-0.15, -0.1) is 11.3 Å². The third-order valence-electron chi connectivity index (χ3n) is 2.54. The standard InChI is InChI=1S/C13H15N3O2S/c1-2-5-16(9-13(17)18)12-8-14-7-10(15-12)11-4-3-6-19-11/h3-4,6-8H,2,5,9H2,1H3,(H,17,18). The second kappa shape index (κ2) is 6.29. The molecule has 0 atom stereocenters. The Kier molecular flexibility index (Phi) is 4.46. The van der Waals surface area contributed by atoms with Crippen LogP contribution in [0.3, 0.4) is 0 Å². The van der Waals surface area contributed by atoms with Gasteiger partial charge in [-0.2, -0.15) is 0 Å². The monoisotopic (exact) mass is 277 g/mol. The zero-order valence-electron chi connectivity index (χ0n) is 10.6. The van der Waals surface area contributed by atoms with Crippen molar-refractivity contribution in [1.29, 1.82) is 0 Å². The fourth-order valence-electron chi connectivity index (χ4n) is 1.76. The number of aliphatic carboxylic acids is 1. The maximum absolute atomic E-state index is 10.9. The minimum absolute atomic E-state index is 0.0591. The molecule has 0 spiro atoms. The van der Waals surface area contributed by atoms with Gasteiger partial charge in [0, 0.05) is 6.54 Å². The van der Waals surface area contributed by atoms with Crippen molar-refractivity contribution in [3.05, 3.63) is 29.9 Å². The van der Waals surface area contributed by atoms with E-state index in [2.05, 4.69) is 9.97 Å². The van der Waals surface area contributed by atoms with Crippen molar-refractivity contribution in [2.75, 3.05) is 18.0 Å². The van der Waals surface area contributed by atoms with Gasteiger partial charge in [-0.3, -0.25) is 9.78 Å². The summed E-state index contributed by atoms with van der Waals surface area (Å²) in [6.07, 6.45) is 4.16. The lowest BCUT2D eigenvalue weighted by atomic mass is 10.3. The van der Waals surface area contributed by atoms with Crippen LogP contribution in [0.15, 0.2) is 29.9 Å². The Morgan fingerprint density at radius 2 is 2.32 bits per heavy atom. The fraction of sp³-hybridized carbons (Fsp3) is 0.308. The molecule has 2 rings (SSSR count). The normalized spacial score (nSPS) is 10.4. The smallest absolute Gasteiger partial charge is 0.323 e. The molecule has 1 N–H and O–H groups in total. The minimum atomic E-state index is -0.864. The number of carboxylic acid groups (broad SMARTS) is 1. The van der Waals surface area contributed by atoms with Crippen LogP contribution in [0.5, 0.6) is 0 Å². The van der Waals surface area contributed by atoms with Gasteiger partial charge in [-0.1, -0.05) is 13.0 Å². The number of carbonyl (C=O) groups is 1. The Balaban J connectivity index is 2.27. The summed E-state index contributed by atoms with van der Waals surface area (Å²) in [5.74, 6) is -0.257. The first kappa shape index (κ1) is 13.5. The predicted molar refractivity (Wildman–Crippen MR) is 75.5 cm³/mol. The highest BCUT2D eigenvalue weighted by molar-refractivity contribution is 7.13. The van der Waals surface area contributed by atoms with E-state index in [1.807, 2.05) is 24.4 Å². The first-order valence-electron chi connectivity index (χ1n) is 6.03. The van der Waals surface area contributed by atoms with Crippen molar-refractivity contribution in [2.24, 2.45) is 0 Å². The summed E-state index contributed by atoms with van der Waals surface area (Å²) in [5, 5.41) is 10.9. The molecule has 2 aromatic rings. The molecule has 0 aliphatic carbocycles. The average molecular weight is 277 g/mol. The Morgan fingerprint density at radius 1 is 1.47 bits per heavy atom. The van der Waals surface area contributed by atoms with Crippen LogP contribution in [0.25, 0.3) is 10.6 Å². The SMILES string of the molecule is CCCN(CC(=O)O)c1cncc(-c2cccs2)n1. The molecule has 0 radical (unpaired) electrons. The molecular formula is C13H15N3O2S. The summed E-state index contributed by atoms with van der Waals surface area (Å²) in [6, 6.07) is 3.93. The summed E-state index contributed by atoms with van der Waals surface area (Å²) < 4.78 is 0. The lowest BCUT2D eigenvalue weighted by molar-refractivity contribution is -0.135. The molecule has 0 saturated carbocycles. The zero-order valence-corrected chi connectivity index (χ0v) is 11.4. The van der Waals surface area contributed by atoms with Crippen LogP contribution in [0.2, 0.25) is 0 Å². The Morgan fingerprint density at radius 3 is 2.95 bits per heavy atom. The molecule has 0 aromatic carbocycles. The molecule has 0 saturated heterocycles. The molecule has 0 amide bonds.